The van der Waals surface area contributed by atoms with E-state index in [4.69, 9.17) is 9.47 Å². The van der Waals surface area contributed by atoms with Gasteiger partial charge < -0.3 is 19.9 Å². The van der Waals surface area contributed by atoms with Crippen molar-refractivity contribution >= 4 is 11.3 Å². The SMILES string of the molecule is COc1cc(CN[C@H](C)[C@@H](O)c2ccccc2)ccc1OCc1cccs1. The normalized spacial score (nSPS) is 13.1. The van der Waals surface area contributed by atoms with E-state index in [1.165, 1.54) is 4.88 Å². The molecule has 4 nitrogen and oxygen atoms in total. The number of thiophene rings is 1. The fraction of sp³-hybridized carbons (Fsp3) is 0.273. The molecule has 0 radical (unpaired) electrons. The quantitative estimate of drug-likeness (QED) is 0.569. The molecule has 1 heterocycles. The van der Waals surface area contributed by atoms with Crippen LogP contribution in [0.15, 0.2) is 66.0 Å². The van der Waals surface area contributed by atoms with Gasteiger partial charge in [-0.1, -0.05) is 42.5 Å². The lowest BCUT2D eigenvalue weighted by Gasteiger charge is -2.21. The molecule has 2 aromatic carbocycles. The maximum absolute atomic E-state index is 10.5. The van der Waals surface area contributed by atoms with Gasteiger partial charge in [-0.05, 0) is 41.6 Å². The number of hydrogen-bond acceptors (Lipinski definition) is 5. The molecule has 5 heteroatoms. The highest BCUT2D eigenvalue weighted by Crippen LogP contribution is 2.29. The van der Waals surface area contributed by atoms with Gasteiger partial charge in [-0.3, -0.25) is 0 Å². The average molecular weight is 384 g/mol. The van der Waals surface area contributed by atoms with Crippen molar-refractivity contribution < 1.29 is 14.6 Å². The number of hydrogen-bond donors (Lipinski definition) is 2. The predicted molar refractivity (Wildman–Crippen MR) is 109 cm³/mol. The molecule has 0 fully saturated rings. The van der Waals surface area contributed by atoms with E-state index in [1.54, 1.807) is 18.4 Å². The summed E-state index contributed by atoms with van der Waals surface area (Å²) in [7, 11) is 1.65. The van der Waals surface area contributed by atoms with Gasteiger partial charge in [0.25, 0.3) is 0 Å². The number of nitrogens with one attached hydrogen (secondary N) is 1. The van der Waals surface area contributed by atoms with E-state index in [-0.39, 0.29) is 6.04 Å². The first-order chi connectivity index (χ1) is 13.2. The molecule has 3 aromatic rings. The summed E-state index contributed by atoms with van der Waals surface area (Å²) in [6.45, 7) is 3.14. The zero-order valence-corrected chi connectivity index (χ0v) is 16.4. The summed E-state index contributed by atoms with van der Waals surface area (Å²) in [5.74, 6) is 1.44. The minimum atomic E-state index is -0.554. The standard InChI is InChI=1S/C22H25NO3S/c1-16(22(24)18-7-4-3-5-8-18)23-14-17-10-11-20(21(13-17)25-2)26-15-19-9-6-12-27-19/h3-13,16,22-24H,14-15H2,1-2H3/t16-,22-/m1/s1. The van der Waals surface area contributed by atoms with Crippen molar-refractivity contribution in [3.63, 3.8) is 0 Å². The van der Waals surface area contributed by atoms with Crippen LogP contribution in [-0.4, -0.2) is 18.3 Å². The summed E-state index contributed by atoms with van der Waals surface area (Å²) in [5, 5.41) is 15.9. The van der Waals surface area contributed by atoms with Crippen LogP contribution in [0.25, 0.3) is 0 Å². The molecule has 0 aliphatic rings. The fourth-order valence-corrected chi connectivity index (χ4v) is 3.43. The minimum absolute atomic E-state index is 0.0758. The molecule has 1 aromatic heterocycles. The lowest BCUT2D eigenvalue weighted by molar-refractivity contribution is 0.135. The predicted octanol–water partition coefficient (Wildman–Crippen LogP) is 4.55. The summed E-state index contributed by atoms with van der Waals surface area (Å²) in [6, 6.07) is 19.6. The van der Waals surface area contributed by atoms with Gasteiger partial charge in [-0.15, -0.1) is 11.3 Å². The Bertz CT molecular complexity index is 821. The maximum atomic E-state index is 10.5. The first kappa shape index (κ1) is 19.4. The van der Waals surface area contributed by atoms with E-state index in [0.29, 0.717) is 18.9 Å². The van der Waals surface area contributed by atoms with Crippen molar-refractivity contribution in [1.82, 2.24) is 5.32 Å². The van der Waals surface area contributed by atoms with Gasteiger partial charge in [0, 0.05) is 17.5 Å². The average Bonchev–Trinajstić information content (AvgIpc) is 3.24. The van der Waals surface area contributed by atoms with E-state index < -0.39 is 6.10 Å². The molecule has 27 heavy (non-hydrogen) atoms. The van der Waals surface area contributed by atoms with Crippen LogP contribution in [0.1, 0.15) is 29.0 Å². The first-order valence-electron chi connectivity index (χ1n) is 8.96. The van der Waals surface area contributed by atoms with Gasteiger partial charge in [-0.25, -0.2) is 0 Å². The van der Waals surface area contributed by atoms with E-state index in [2.05, 4.69) is 11.4 Å². The third kappa shape index (κ3) is 5.32. The third-order valence-corrected chi connectivity index (χ3v) is 5.27. The van der Waals surface area contributed by atoms with Crippen LogP contribution in [0.2, 0.25) is 0 Å². The molecule has 0 spiro atoms. The number of aliphatic hydroxyl groups excluding tert-OH is 1. The van der Waals surface area contributed by atoms with Crippen LogP contribution in [0.3, 0.4) is 0 Å². The van der Waals surface area contributed by atoms with Gasteiger partial charge in [0.15, 0.2) is 11.5 Å². The van der Waals surface area contributed by atoms with E-state index >= 15 is 0 Å². The Hall–Kier alpha value is -2.34. The monoisotopic (exact) mass is 383 g/mol. The lowest BCUT2D eigenvalue weighted by Crippen LogP contribution is -2.31. The molecule has 2 N–H and O–H groups in total. The van der Waals surface area contributed by atoms with Gasteiger partial charge in [0.05, 0.1) is 13.2 Å². The summed E-state index contributed by atoms with van der Waals surface area (Å²) in [4.78, 5) is 1.17. The zero-order valence-electron chi connectivity index (χ0n) is 15.6. The van der Waals surface area contributed by atoms with Crippen molar-refractivity contribution in [3.8, 4) is 11.5 Å². The summed E-state index contributed by atoms with van der Waals surface area (Å²) < 4.78 is 11.4. The summed E-state index contributed by atoms with van der Waals surface area (Å²) >= 11 is 1.67. The zero-order chi connectivity index (χ0) is 19.1. The molecule has 0 unspecified atom stereocenters. The highest BCUT2D eigenvalue weighted by molar-refractivity contribution is 7.09. The Balaban J connectivity index is 1.58. The molecular formula is C22H25NO3S. The Kier molecular flexibility index (Phi) is 6.87. The maximum Gasteiger partial charge on any atom is 0.161 e. The topological polar surface area (TPSA) is 50.7 Å². The Morgan fingerprint density at radius 2 is 1.85 bits per heavy atom. The van der Waals surface area contributed by atoms with Gasteiger partial charge in [-0.2, -0.15) is 0 Å². The van der Waals surface area contributed by atoms with Crippen LogP contribution in [0.4, 0.5) is 0 Å². The molecule has 0 saturated carbocycles. The van der Waals surface area contributed by atoms with Gasteiger partial charge in [0.1, 0.15) is 6.61 Å². The molecule has 0 saturated heterocycles. The van der Waals surface area contributed by atoms with Gasteiger partial charge in [0.2, 0.25) is 0 Å². The van der Waals surface area contributed by atoms with Crippen LogP contribution >= 0.6 is 11.3 Å². The second-order valence-electron chi connectivity index (χ2n) is 6.38. The molecule has 2 atom stereocenters. The summed E-state index contributed by atoms with van der Waals surface area (Å²) in [5.41, 5.74) is 1.98. The lowest BCUT2D eigenvalue weighted by atomic mass is 10.0. The van der Waals surface area contributed by atoms with Crippen LogP contribution in [0.5, 0.6) is 11.5 Å². The highest BCUT2D eigenvalue weighted by atomic mass is 32.1. The minimum Gasteiger partial charge on any atom is -0.493 e. The van der Waals surface area contributed by atoms with Crippen molar-refractivity contribution in [2.24, 2.45) is 0 Å². The third-order valence-electron chi connectivity index (χ3n) is 4.42. The second kappa shape index (κ2) is 9.55. The van der Waals surface area contributed by atoms with E-state index in [9.17, 15) is 5.11 Å². The number of ether oxygens (including phenoxy) is 2. The second-order valence-corrected chi connectivity index (χ2v) is 7.41. The number of methoxy groups -OCH3 is 1. The van der Waals surface area contributed by atoms with Gasteiger partial charge >= 0.3 is 0 Å². The number of benzene rings is 2. The highest BCUT2D eigenvalue weighted by Gasteiger charge is 2.16. The molecule has 3 rings (SSSR count). The first-order valence-corrected chi connectivity index (χ1v) is 9.84. The van der Waals surface area contributed by atoms with E-state index in [0.717, 1.165) is 16.9 Å². The molecule has 0 amide bonds. The number of aliphatic hydroxyl groups is 1. The van der Waals surface area contributed by atoms with Crippen LogP contribution in [0, 0.1) is 0 Å². The molecule has 0 aliphatic heterocycles. The Morgan fingerprint density at radius 3 is 2.56 bits per heavy atom. The van der Waals surface area contributed by atoms with E-state index in [1.807, 2.05) is 66.9 Å². The Morgan fingerprint density at radius 1 is 1.04 bits per heavy atom. The van der Waals surface area contributed by atoms with Crippen molar-refractivity contribution in [2.45, 2.75) is 32.2 Å². The van der Waals surface area contributed by atoms with Crippen molar-refractivity contribution in [3.05, 3.63) is 82.0 Å². The molecular weight excluding hydrogens is 358 g/mol. The van der Waals surface area contributed by atoms with Crippen LogP contribution < -0.4 is 14.8 Å². The Labute approximate surface area is 164 Å². The smallest absolute Gasteiger partial charge is 0.161 e. The van der Waals surface area contributed by atoms with Crippen LogP contribution in [-0.2, 0) is 13.2 Å². The molecule has 0 aliphatic carbocycles. The largest absolute Gasteiger partial charge is 0.493 e. The number of rotatable bonds is 9. The van der Waals surface area contributed by atoms with Crippen molar-refractivity contribution in [2.75, 3.05) is 7.11 Å². The summed E-state index contributed by atoms with van der Waals surface area (Å²) in [6.07, 6.45) is -0.554. The molecule has 142 valence electrons. The fourth-order valence-electron chi connectivity index (χ4n) is 2.81. The van der Waals surface area contributed by atoms with Crippen molar-refractivity contribution in [1.29, 1.82) is 0 Å². The molecule has 0 bridgehead atoms.